The first-order chi connectivity index (χ1) is 8.65. The molecule has 4 nitrogen and oxygen atoms in total. The lowest BCUT2D eigenvalue weighted by molar-refractivity contribution is 0.187. The summed E-state index contributed by atoms with van der Waals surface area (Å²) in [5.41, 5.74) is 6.34. The van der Waals surface area contributed by atoms with Gasteiger partial charge in [0.15, 0.2) is 5.96 Å². The highest BCUT2D eigenvalue weighted by Crippen LogP contribution is 2.22. The van der Waals surface area contributed by atoms with E-state index in [9.17, 15) is 5.11 Å². The zero-order chi connectivity index (χ0) is 13.4. The lowest BCUT2D eigenvalue weighted by Gasteiger charge is -2.11. The van der Waals surface area contributed by atoms with Crippen LogP contribution < -0.4 is 11.1 Å². The summed E-state index contributed by atoms with van der Waals surface area (Å²) < 4.78 is 0. The van der Waals surface area contributed by atoms with Crippen molar-refractivity contribution in [2.45, 2.75) is 25.9 Å². The van der Waals surface area contributed by atoms with Gasteiger partial charge >= 0.3 is 0 Å². The second-order valence-corrected chi connectivity index (χ2v) is 4.45. The van der Waals surface area contributed by atoms with Crippen LogP contribution in [0.2, 0.25) is 5.02 Å². The van der Waals surface area contributed by atoms with E-state index in [0.29, 0.717) is 16.5 Å². The summed E-state index contributed by atoms with van der Waals surface area (Å²) in [6, 6.07) is 7.18. The zero-order valence-electron chi connectivity index (χ0n) is 10.6. The number of rotatable bonds is 6. The number of nitrogens with one attached hydrogen (secondary N) is 1. The Kier molecular flexibility index (Phi) is 6.54. The second kappa shape index (κ2) is 7.95. The van der Waals surface area contributed by atoms with Gasteiger partial charge in [-0.2, -0.15) is 0 Å². The molecule has 1 aromatic carbocycles. The van der Waals surface area contributed by atoms with E-state index in [1.54, 1.807) is 12.1 Å². The molecule has 0 aliphatic rings. The Morgan fingerprint density at radius 2 is 2.22 bits per heavy atom. The first-order valence-corrected chi connectivity index (χ1v) is 6.49. The number of benzene rings is 1. The molecule has 1 unspecified atom stereocenters. The molecule has 0 aromatic heterocycles. The monoisotopic (exact) mass is 269 g/mol. The number of nitrogens with two attached hydrogens (primary N) is 1. The van der Waals surface area contributed by atoms with Crippen LogP contribution in [0.15, 0.2) is 29.3 Å². The van der Waals surface area contributed by atoms with E-state index in [4.69, 9.17) is 17.3 Å². The lowest BCUT2D eigenvalue weighted by atomic mass is 10.1. The number of aliphatic hydroxyl groups is 1. The molecule has 18 heavy (non-hydrogen) atoms. The molecule has 4 N–H and O–H groups in total. The number of unbranched alkanes of at least 4 members (excludes halogenated alkanes) is 1. The summed E-state index contributed by atoms with van der Waals surface area (Å²) in [7, 11) is 0. The maximum atomic E-state index is 9.95. The summed E-state index contributed by atoms with van der Waals surface area (Å²) in [6.45, 7) is 3.11. The minimum absolute atomic E-state index is 0.203. The van der Waals surface area contributed by atoms with Gasteiger partial charge in [-0.3, -0.25) is 4.99 Å². The average Bonchev–Trinajstić information content (AvgIpc) is 2.37. The molecule has 0 bridgehead atoms. The Morgan fingerprint density at radius 3 is 2.89 bits per heavy atom. The Balaban J connectivity index is 2.47. The topological polar surface area (TPSA) is 70.6 Å². The molecule has 0 aliphatic heterocycles. The van der Waals surface area contributed by atoms with Crippen LogP contribution in [0, 0.1) is 0 Å². The predicted octanol–water partition coefficient (Wildman–Crippen LogP) is 2.08. The molecule has 0 heterocycles. The molecule has 1 atom stereocenters. The Bertz CT molecular complexity index is 396. The maximum absolute atomic E-state index is 9.95. The molecular weight excluding hydrogens is 250 g/mol. The first kappa shape index (κ1) is 14.8. The number of aliphatic imine (C=N–C) groups is 1. The molecule has 100 valence electrons. The lowest BCUT2D eigenvalue weighted by Crippen LogP contribution is -2.32. The largest absolute Gasteiger partial charge is 0.386 e. The van der Waals surface area contributed by atoms with Gasteiger partial charge in [-0.1, -0.05) is 43.1 Å². The fourth-order valence-corrected chi connectivity index (χ4v) is 1.74. The molecule has 0 spiro atoms. The van der Waals surface area contributed by atoms with Crippen LogP contribution >= 0.6 is 11.6 Å². The van der Waals surface area contributed by atoms with Gasteiger partial charge in [-0.05, 0) is 12.5 Å². The van der Waals surface area contributed by atoms with Crippen molar-refractivity contribution in [3.63, 3.8) is 0 Å². The zero-order valence-corrected chi connectivity index (χ0v) is 11.3. The number of halogens is 1. The predicted molar refractivity (Wildman–Crippen MR) is 75.8 cm³/mol. The van der Waals surface area contributed by atoms with Gasteiger partial charge in [0.2, 0.25) is 0 Å². The Labute approximate surface area is 113 Å². The van der Waals surface area contributed by atoms with E-state index in [2.05, 4.69) is 17.2 Å². The molecular formula is C13H20ClN3O. The third kappa shape index (κ3) is 4.94. The van der Waals surface area contributed by atoms with Crippen molar-refractivity contribution < 1.29 is 5.11 Å². The van der Waals surface area contributed by atoms with Crippen molar-refractivity contribution in [2.75, 3.05) is 13.1 Å². The molecule has 0 aliphatic carbocycles. The summed E-state index contributed by atoms with van der Waals surface area (Å²) in [5.74, 6) is 0.356. The number of guanidine groups is 1. The van der Waals surface area contributed by atoms with Gasteiger partial charge < -0.3 is 16.2 Å². The van der Waals surface area contributed by atoms with Crippen LogP contribution in [0.4, 0.5) is 0 Å². The third-order valence-corrected chi connectivity index (χ3v) is 2.88. The second-order valence-electron chi connectivity index (χ2n) is 4.04. The molecule has 0 saturated carbocycles. The maximum Gasteiger partial charge on any atom is 0.188 e. The van der Waals surface area contributed by atoms with Crippen molar-refractivity contribution in [2.24, 2.45) is 10.7 Å². The smallest absolute Gasteiger partial charge is 0.188 e. The fourth-order valence-electron chi connectivity index (χ4n) is 1.48. The van der Waals surface area contributed by atoms with Gasteiger partial charge in [0, 0.05) is 17.1 Å². The van der Waals surface area contributed by atoms with Crippen molar-refractivity contribution in [1.82, 2.24) is 5.32 Å². The van der Waals surface area contributed by atoms with Crippen molar-refractivity contribution in [3.05, 3.63) is 34.9 Å². The first-order valence-electron chi connectivity index (χ1n) is 6.11. The minimum atomic E-state index is -0.731. The average molecular weight is 270 g/mol. The molecule has 0 radical (unpaired) electrons. The fraction of sp³-hybridized carbons (Fsp3) is 0.462. The Hall–Kier alpha value is -1.26. The van der Waals surface area contributed by atoms with Crippen LogP contribution in [0.5, 0.6) is 0 Å². The Morgan fingerprint density at radius 1 is 1.50 bits per heavy atom. The summed E-state index contributed by atoms with van der Waals surface area (Å²) in [4.78, 5) is 4.09. The highest BCUT2D eigenvalue weighted by molar-refractivity contribution is 6.31. The van der Waals surface area contributed by atoms with Crippen LogP contribution in [-0.4, -0.2) is 24.2 Å². The molecule has 0 amide bonds. The molecule has 1 rings (SSSR count). The number of hydrogen-bond acceptors (Lipinski definition) is 2. The number of hydrogen-bond donors (Lipinski definition) is 3. The number of nitrogens with zero attached hydrogens (tertiary/aromatic N) is 1. The standard InChI is InChI=1S/C13H20ClN3O/c1-2-3-8-16-13(15)17-9-12(18)10-6-4-5-7-11(10)14/h4-7,12,18H,2-3,8-9H2,1H3,(H3,15,16,17). The summed E-state index contributed by atoms with van der Waals surface area (Å²) in [5, 5.41) is 13.5. The molecule has 0 saturated heterocycles. The van der Waals surface area contributed by atoms with Crippen molar-refractivity contribution in [3.8, 4) is 0 Å². The number of aliphatic hydroxyl groups excluding tert-OH is 1. The van der Waals surface area contributed by atoms with E-state index < -0.39 is 6.10 Å². The molecule has 5 heteroatoms. The van der Waals surface area contributed by atoms with Crippen LogP contribution in [-0.2, 0) is 0 Å². The van der Waals surface area contributed by atoms with E-state index >= 15 is 0 Å². The summed E-state index contributed by atoms with van der Waals surface area (Å²) in [6.07, 6.45) is 1.41. The highest BCUT2D eigenvalue weighted by Gasteiger charge is 2.10. The van der Waals surface area contributed by atoms with Gasteiger partial charge in [-0.15, -0.1) is 0 Å². The van der Waals surface area contributed by atoms with Crippen LogP contribution in [0.25, 0.3) is 0 Å². The van der Waals surface area contributed by atoms with Gasteiger partial charge in [0.25, 0.3) is 0 Å². The molecule has 1 aromatic rings. The highest BCUT2D eigenvalue weighted by atomic mass is 35.5. The van der Waals surface area contributed by atoms with Crippen molar-refractivity contribution >= 4 is 17.6 Å². The van der Waals surface area contributed by atoms with Crippen LogP contribution in [0.1, 0.15) is 31.4 Å². The van der Waals surface area contributed by atoms with E-state index in [0.717, 1.165) is 19.4 Å². The van der Waals surface area contributed by atoms with E-state index in [1.807, 2.05) is 12.1 Å². The van der Waals surface area contributed by atoms with Crippen molar-refractivity contribution in [1.29, 1.82) is 0 Å². The third-order valence-electron chi connectivity index (χ3n) is 2.54. The van der Waals surface area contributed by atoms with E-state index in [1.165, 1.54) is 0 Å². The van der Waals surface area contributed by atoms with E-state index in [-0.39, 0.29) is 6.54 Å². The molecule has 0 fully saturated rings. The van der Waals surface area contributed by atoms with Gasteiger partial charge in [-0.25, -0.2) is 0 Å². The quantitative estimate of drug-likeness (QED) is 0.421. The summed E-state index contributed by atoms with van der Waals surface area (Å²) >= 11 is 5.98. The normalized spacial score (nSPS) is 13.4. The SMILES string of the molecule is CCCCNC(N)=NCC(O)c1ccccc1Cl. The van der Waals surface area contributed by atoms with Crippen LogP contribution in [0.3, 0.4) is 0 Å². The van der Waals surface area contributed by atoms with Gasteiger partial charge in [0.1, 0.15) is 6.10 Å². The van der Waals surface area contributed by atoms with Gasteiger partial charge in [0.05, 0.1) is 6.54 Å². The minimum Gasteiger partial charge on any atom is -0.386 e.